The van der Waals surface area contributed by atoms with Gasteiger partial charge in [-0.1, -0.05) is 23.1 Å². The number of nitrogens with zero attached hydrogens (tertiary/aromatic N) is 2. The van der Waals surface area contributed by atoms with E-state index >= 15 is 0 Å². The van der Waals surface area contributed by atoms with Crippen LogP contribution in [0.25, 0.3) is 0 Å². The van der Waals surface area contributed by atoms with Crippen LogP contribution in [0.15, 0.2) is 4.21 Å². The summed E-state index contributed by atoms with van der Waals surface area (Å²) in [6.07, 6.45) is 0. The zero-order valence-corrected chi connectivity index (χ0v) is 8.50. The molecule has 0 aliphatic rings. The Labute approximate surface area is 79.6 Å². The molecule has 0 saturated carbocycles. The first-order chi connectivity index (χ1) is 5.63. The lowest BCUT2D eigenvalue weighted by atomic mass is 10.5. The van der Waals surface area contributed by atoms with Crippen molar-refractivity contribution >= 4 is 28.2 Å². The standard InChI is InChI=1S/C7H9N3S2/c1-4(3-8)11-6-5(2)10-7(9)12-6/h4H,1-2H3,(H2,9,10). The molecule has 1 aromatic heterocycles. The van der Waals surface area contributed by atoms with Gasteiger partial charge in [-0.2, -0.15) is 5.26 Å². The van der Waals surface area contributed by atoms with Gasteiger partial charge >= 0.3 is 0 Å². The number of nitriles is 1. The molecule has 0 bridgehead atoms. The maximum atomic E-state index is 8.58. The Kier molecular flexibility index (Phi) is 2.95. The first-order valence-electron chi connectivity index (χ1n) is 3.42. The fraction of sp³-hybridized carbons (Fsp3) is 0.429. The molecule has 1 atom stereocenters. The van der Waals surface area contributed by atoms with Gasteiger partial charge in [0, 0.05) is 0 Å². The van der Waals surface area contributed by atoms with E-state index in [-0.39, 0.29) is 5.25 Å². The van der Waals surface area contributed by atoms with Crippen molar-refractivity contribution in [1.82, 2.24) is 4.98 Å². The van der Waals surface area contributed by atoms with Gasteiger partial charge in [-0.25, -0.2) is 4.98 Å². The molecule has 0 aliphatic heterocycles. The van der Waals surface area contributed by atoms with Crippen LogP contribution in [0.3, 0.4) is 0 Å². The molecule has 1 unspecified atom stereocenters. The van der Waals surface area contributed by atoms with E-state index in [9.17, 15) is 0 Å². The molecule has 12 heavy (non-hydrogen) atoms. The Morgan fingerprint density at radius 1 is 1.75 bits per heavy atom. The lowest BCUT2D eigenvalue weighted by Crippen LogP contribution is -1.88. The van der Waals surface area contributed by atoms with E-state index in [0.717, 1.165) is 9.90 Å². The van der Waals surface area contributed by atoms with Crippen LogP contribution in [-0.4, -0.2) is 10.2 Å². The summed E-state index contributed by atoms with van der Waals surface area (Å²) in [4.78, 5) is 4.06. The number of rotatable bonds is 2. The van der Waals surface area contributed by atoms with Crippen molar-refractivity contribution in [2.24, 2.45) is 0 Å². The number of anilines is 1. The second-order valence-corrected chi connectivity index (χ2v) is 4.95. The third-order valence-corrected chi connectivity index (χ3v) is 3.52. The SMILES string of the molecule is Cc1nc(N)sc1SC(C)C#N. The molecule has 0 fully saturated rings. The van der Waals surface area contributed by atoms with Crippen LogP contribution < -0.4 is 5.73 Å². The van der Waals surface area contributed by atoms with Gasteiger partial charge in [0.25, 0.3) is 0 Å². The molecule has 2 N–H and O–H groups in total. The highest BCUT2D eigenvalue weighted by Crippen LogP contribution is 2.32. The summed E-state index contributed by atoms with van der Waals surface area (Å²) in [6.45, 7) is 3.76. The molecule has 1 rings (SSSR count). The third kappa shape index (κ3) is 2.13. The molecule has 0 aliphatic carbocycles. The predicted molar refractivity (Wildman–Crippen MR) is 52.2 cm³/mol. The van der Waals surface area contributed by atoms with E-state index in [1.807, 2.05) is 13.8 Å². The lowest BCUT2D eigenvalue weighted by molar-refractivity contribution is 1.19. The summed E-state index contributed by atoms with van der Waals surface area (Å²) < 4.78 is 1.04. The molecular weight excluding hydrogens is 190 g/mol. The average Bonchev–Trinajstić information content (AvgIpc) is 2.30. The molecule has 1 heterocycles. The minimum atomic E-state index is -0.0384. The maximum Gasteiger partial charge on any atom is 0.181 e. The molecule has 1 aromatic rings. The lowest BCUT2D eigenvalue weighted by Gasteiger charge is -1.97. The van der Waals surface area contributed by atoms with Gasteiger partial charge in [0.1, 0.15) is 0 Å². The van der Waals surface area contributed by atoms with Crippen molar-refractivity contribution in [1.29, 1.82) is 5.26 Å². The Balaban J connectivity index is 2.76. The second kappa shape index (κ2) is 3.78. The number of thioether (sulfide) groups is 1. The maximum absolute atomic E-state index is 8.58. The zero-order valence-electron chi connectivity index (χ0n) is 6.87. The van der Waals surface area contributed by atoms with Crippen LogP contribution in [-0.2, 0) is 0 Å². The Morgan fingerprint density at radius 3 is 2.83 bits per heavy atom. The van der Waals surface area contributed by atoms with Crippen molar-refractivity contribution in [3.8, 4) is 6.07 Å². The van der Waals surface area contributed by atoms with Crippen LogP contribution in [0.2, 0.25) is 0 Å². The number of hydrogen-bond acceptors (Lipinski definition) is 5. The number of hydrogen-bond donors (Lipinski definition) is 1. The van der Waals surface area contributed by atoms with E-state index in [2.05, 4.69) is 11.1 Å². The predicted octanol–water partition coefficient (Wildman–Crippen LogP) is 2.04. The van der Waals surface area contributed by atoms with Gasteiger partial charge in [-0.3, -0.25) is 0 Å². The van der Waals surface area contributed by atoms with E-state index in [0.29, 0.717) is 5.13 Å². The smallest absolute Gasteiger partial charge is 0.181 e. The molecule has 0 saturated heterocycles. The fourth-order valence-electron chi connectivity index (χ4n) is 0.699. The van der Waals surface area contributed by atoms with Crippen LogP contribution in [0.4, 0.5) is 5.13 Å². The van der Waals surface area contributed by atoms with Gasteiger partial charge in [-0.15, -0.1) is 0 Å². The Hall–Kier alpha value is -0.730. The van der Waals surface area contributed by atoms with E-state index in [4.69, 9.17) is 11.0 Å². The van der Waals surface area contributed by atoms with Crippen molar-refractivity contribution in [2.75, 3.05) is 5.73 Å². The summed E-state index contributed by atoms with van der Waals surface area (Å²) in [5.74, 6) is 0. The monoisotopic (exact) mass is 199 g/mol. The molecule has 3 nitrogen and oxygen atoms in total. The summed E-state index contributed by atoms with van der Waals surface area (Å²) in [5.41, 5.74) is 6.43. The Morgan fingerprint density at radius 2 is 2.42 bits per heavy atom. The molecule has 0 radical (unpaired) electrons. The van der Waals surface area contributed by atoms with E-state index in [1.165, 1.54) is 23.1 Å². The molecule has 0 aromatic carbocycles. The first kappa shape index (κ1) is 9.36. The number of thiazole rings is 1. The van der Waals surface area contributed by atoms with Crippen molar-refractivity contribution in [3.63, 3.8) is 0 Å². The van der Waals surface area contributed by atoms with Gasteiger partial charge < -0.3 is 5.73 Å². The summed E-state index contributed by atoms with van der Waals surface area (Å²) in [6, 6.07) is 2.15. The minimum absolute atomic E-state index is 0.0384. The molecular formula is C7H9N3S2. The number of aryl methyl sites for hydroxylation is 1. The largest absolute Gasteiger partial charge is 0.375 e. The van der Waals surface area contributed by atoms with Crippen molar-refractivity contribution in [3.05, 3.63) is 5.69 Å². The molecule has 64 valence electrons. The minimum Gasteiger partial charge on any atom is -0.375 e. The number of nitrogen functional groups attached to an aromatic ring is 1. The van der Waals surface area contributed by atoms with Crippen LogP contribution in [0.1, 0.15) is 12.6 Å². The second-order valence-electron chi connectivity index (χ2n) is 2.31. The quantitative estimate of drug-likeness (QED) is 0.740. The van der Waals surface area contributed by atoms with Crippen LogP contribution in [0.5, 0.6) is 0 Å². The highest BCUT2D eigenvalue weighted by atomic mass is 32.2. The van der Waals surface area contributed by atoms with E-state index in [1.54, 1.807) is 0 Å². The van der Waals surface area contributed by atoms with Crippen LogP contribution >= 0.6 is 23.1 Å². The number of nitrogens with two attached hydrogens (primary N) is 1. The van der Waals surface area contributed by atoms with Crippen molar-refractivity contribution in [2.45, 2.75) is 23.3 Å². The third-order valence-electron chi connectivity index (χ3n) is 1.24. The fourth-order valence-corrected chi connectivity index (χ4v) is 2.74. The van der Waals surface area contributed by atoms with Crippen molar-refractivity contribution < 1.29 is 0 Å². The summed E-state index contributed by atoms with van der Waals surface area (Å²) in [7, 11) is 0. The molecule has 0 spiro atoms. The highest BCUT2D eigenvalue weighted by molar-refractivity contribution is 8.02. The topological polar surface area (TPSA) is 62.7 Å². The van der Waals surface area contributed by atoms with Gasteiger partial charge in [0.15, 0.2) is 5.13 Å². The average molecular weight is 199 g/mol. The van der Waals surface area contributed by atoms with E-state index < -0.39 is 0 Å². The summed E-state index contributed by atoms with van der Waals surface area (Å²) in [5, 5.41) is 9.11. The van der Waals surface area contributed by atoms with Gasteiger partial charge in [0.05, 0.1) is 21.2 Å². The number of aromatic nitrogens is 1. The first-order valence-corrected chi connectivity index (χ1v) is 5.12. The summed E-state index contributed by atoms with van der Waals surface area (Å²) >= 11 is 2.94. The highest BCUT2D eigenvalue weighted by Gasteiger charge is 2.09. The zero-order chi connectivity index (χ0) is 9.14. The van der Waals surface area contributed by atoms with Crippen LogP contribution in [0, 0.1) is 18.3 Å². The Bertz CT molecular complexity index is 313. The molecule has 0 amide bonds. The normalized spacial score (nSPS) is 12.4. The van der Waals surface area contributed by atoms with Gasteiger partial charge in [-0.05, 0) is 13.8 Å². The molecule has 5 heteroatoms. The van der Waals surface area contributed by atoms with Gasteiger partial charge in [0.2, 0.25) is 0 Å².